The van der Waals surface area contributed by atoms with Crippen LogP contribution in [-0.2, 0) is 33.9 Å². The molecule has 0 fully saturated rings. The Hall–Kier alpha value is -3.38. The summed E-state index contributed by atoms with van der Waals surface area (Å²) in [5, 5.41) is 2.05. The summed E-state index contributed by atoms with van der Waals surface area (Å²) in [6, 6.07) is 19.4. The number of amides is 1. The first-order valence-corrected chi connectivity index (χ1v) is 11.0. The second-order valence-corrected chi connectivity index (χ2v) is 8.22. The van der Waals surface area contributed by atoms with E-state index in [0.29, 0.717) is 19.7 Å². The van der Waals surface area contributed by atoms with Gasteiger partial charge in [0, 0.05) is 24.0 Å². The predicted octanol–water partition coefficient (Wildman–Crippen LogP) is 4.47. The van der Waals surface area contributed by atoms with Crippen molar-refractivity contribution >= 4 is 29.3 Å². The third-order valence-electron chi connectivity index (χ3n) is 5.04. The molecule has 0 radical (unpaired) electrons. The van der Waals surface area contributed by atoms with Crippen LogP contribution in [0.4, 0.5) is 0 Å². The second kappa shape index (κ2) is 10.1. The van der Waals surface area contributed by atoms with Gasteiger partial charge in [-0.05, 0) is 52.8 Å². The maximum atomic E-state index is 12.3. The number of fused-ring (bicyclic) bond motifs is 1. The van der Waals surface area contributed by atoms with Gasteiger partial charge in [-0.1, -0.05) is 42.5 Å². The quantitative estimate of drug-likeness (QED) is 0.408. The van der Waals surface area contributed by atoms with Crippen molar-refractivity contribution in [3.63, 3.8) is 0 Å². The fourth-order valence-electron chi connectivity index (χ4n) is 3.31. The third-order valence-corrected chi connectivity index (χ3v) is 6.06. The van der Waals surface area contributed by atoms with Crippen molar-refractivity contribution in [3.8, 4) is 5.75 Å². The van der Waals surface area contributed by atoms with Crippen molar-refractivity contribution < 1.29 is 19.1 Å². The molecule has 0 bridgehead atoms. The zero-order chi connectivity index (χ0) is 21.5. The lowest BCUT2D eigenvalue weighted by Crippen LogP contribution is -2.38. The number of ether oxygens (including phenoxy) is 2. The molecule has 31 heavy (non-hydrogen) atoms. The zero-order valence-corrected chi connectivity index (χ0v) is 17.8. The molecular weight excluding hydrogens is 410 g/mol. The van der Waals surface area contributed by atoms with Gasteiger partial charge in [-0.25, -0.2) is 4.79 Å². The van der Waals surface area contributed by atoms with Gasteiger partial charge >= 0.3 is 5.97 Å². The monoisotopic (exact) mass is 433 g/mol. The molecule has 3 aromatic rings. The van der Waals surface area contributed by atoms with Crippen LogP contribution in [0.15, 0.2) is 72.1 Å². The summed E-state index contributed by atoms with van der Waals surface area (Å²) >= 11 is 1.72. The molecule has 6 heteroatoms. The smallest absolute Gasteiger partial charge is 0.331 e. The number of rotatable bonds is 7. The summed E-state index contributed by atoms with van der Waals surface area (Å²) in [5.41, 5.74) is 3.13. The van der Waals surface area contributed by atoms with Crippen LogP contribution in [0, 0.1) is 0 Å². The SMILES string of the molecule is O=C(C=Cc1ccc(OCc2ccccc2)cc1)OCC(=O)N1CCc2sccc2C1. The Morgan fingerprint density at radius 1 is 1.03 bits per heavy atom. The van der Waals surface area contributed by atoms with E-state index in [9.17, 15) is 9.59 Å². The van der Waals surface area contributed by atoms with E-state index in [1.165, 1.54) is 16.5 Å². The highest BCUT2D eigenvalue weighted by Crippen LogP contribution is 2.24. The Morgan fingerprint density at radius 3 is 2.65 bits per heavy atom. The number of hydrogen-bond acceptors (Lipinski definition) is 5. The van der Waals surface area contributed by atoms with Crippen molar-refractivity contribution in [2.75, 3.05) is 13.2 Å². The van der Waals surface area contributed by atoms with Crippen molar-refractivity contribution in [3.05, 3.63) is 93.7 Å². The van der Waals surface area contributed by atoms with Crippen molar-refractivity contribution in [1.82, 2.24) is 4.90 Å². The molecule has 5 nitrogen and oxygen atoms in total. The van der Waals surface area contributed by atoms with Crippen LogP contribution in [0.5, 0.6) is 5.75 Å². The number of benzene rings is 2. The molecule has 0 spiro atoms. The van der Waals surface area contributed by atoms with Gasteiger partial charge in [-0.15, -0.1) is 11.3 Å². The van der Waals surface area contributed by atoms with Crippen LogP contribution in [0.1, 0.15) is 21.6 Å². The van der Waals surface area contributed by atoms with Gasteiger partial charge in [0.2, 0.25) is 0 Å². The average molecular weight is 434 g/mol. The molecule has 1 amide bonds. The minimum atomic E-state index is -0.536. The number of esters is 1. The lowest BCUT2D eigenvalue weighted by molar-refractivity contribution is -0.148. The number of hydrogen-bond donors (Lipinski definition) is 0. The summed E-state index contributed by atoms with van der Waals surface area (Å²) in [7, 11) is 0. The Balaban J connectivity index is 1.21. The lowest BCUT2D eigenvalue weighted by atomic mass is 10.1. The van der Waals surface area contributed by atoms with Gasteiger partial charge in [0.1, 0.15) is 12.4 Å². The Labute approximate surface area is 185 Å². The first-order valence-electron chi connectivity index (χ1n) is 10.1. The van der Waals surface area contributed by atoms with Crippen LogP contribution in [0.3, 0.4) is 0 Å². The van der Waals surface area contributed by atoms with Gasteiger partial charge in [0.25, 0.3) is 5.91 Å². The number of nitrogens with zero attached hydrogens (tertiary/aromatic N) is 1. The number of thiophene rings is 1. The van der Waals surface area contributed by atoms with E-state index in [1.807, 2.05) is 66.0 Å². The van der Waals surface area contributed by atoms with E-state index in [2.05, 4.69) is 0 Å². The molecule has 1 aliphatic heterocycles. The van der Waals surface area contributed by atoms with E-state index in [4.69, 9.17) is 9.47 Å². The Morgan fingerprint density at radius 2 is 1.84 bits per heavy atom. The summed E-state index contributed by atoms with van der Waals surface area (Å²) in [6.45, 7) is 1.51. The summed E-state index contributed by atoms with van der Waals surface area (Å²) in [6.07, 6.45) is 3.85. The fourth-order valence-corrected chi connectivity index (χ4v) is 4.20. The summed E-state index contributed by atoms with van der Waals surface area (Å²) < 4.78 is 10.9. The highest BCUT2D eigenvalue weighted by molar-refractivity contribution is 7.10. The van der Waals surface area contributed by atoms with E-state index in [1.54, 1.807) is 22.3 Å². The lowest BCUT2D eigenvalue weighted by Gasteiger charge is -2.26. The van der Waals surface area contributed by atoms with Gasteiger partial charge in [-0.3, -0.25) is 4.79 Å². The third kappa shape index (κ3) is 5.83. The molecule has 0 aliphatic carbocycles. The minimum absolute atomic E-state index is 0.168. The maximum absolute atomic E-state index is 12.3. The van der Waals surface area contributed by atoms with Crippen LogP contribution in [0.2, 0.25) is 0 Å². The normalized spacial score (nSPS) is 13.1. The van der Waals surface area contributed by atoms with E-state index < -0.39 is 5.97 Å². The largest absolute Gasteiger partial charge is 0.489 e. The number of carbonyl (C=O) groups is 2. The van der Waals surface area contributed by atoms with Gasteiger partial charge in [-0.2, -0.15) is 0 Å². The summed E-state index contributed by atoms with van der Waals surface area (Å²) in [5.74, 6) is 0.0500. The molecule has 1 aliphatic rings. The van der Waals surface area contributed by atoms with Gasteiger partial charge in [0.15, 0.2) is 6.61 Å². The molecule has 0 saturated carbocycles. The topological polar surface area (TPSA) is 55.8 Å². The maximum Gasteiger partial charge on any atom is 0.331 e. The zero-order valence-electron chi connectivity index (χ0n) is 17.0. The van der Waals surface area contributed by atoms with Crippen LogP contribution in [-0.4, -0.2) is 29.9 Å². The molecule has 158 valence electrons. The molecule has 2 heterocycles. The highest BCUT2D eigenvalue weighted by Gasteiger charge is 2.21. The summed E-state index contributed by atoms with van der Waals surface area (Å²) in [4.78, 5) is 27.4. The Bertz CT molecular complexity index is 1060. The van der Waals surface area contributed by atoms with Crippen LogP contribution < -0.4 is 4.74 Å². The molecule has 1 aromatic heterocycles. The van der Waals surface area contributed by atoms with Crippen molar-refractivity contribution in [2.24, 2.45) is 0 Å². The fraction of sp³-hybridized carbons (Fsp3) is 0.200. The molecular formula is C25H23NO4S. The average Bonchev–Trinajstić information content (AvgIpc) is 3.29. The minimum Gasteiger partial charge on any atom is -0.489 e. The molecule has 0 atom stereocenters. The number of carbonyl (C=O) groups excluding carboxylic acids is 2. The Kier molecular flexibility index (Phi) is 6.79. The highest BCUT2D eigenvalue weighted by atomic mass is 32.1. The van der Waals surface area contributed by atoms with Crippen molar-refractivity contribution in [1.29, 1.82) is 0 Å². The standard InChI is InChI=1S/C25H23NO4S/c27-24(26-14-12-23-21(16-26)13-15-31-23)18-30-25(28)11-8-19-6-9-22(10-7-19)29-17-20-4-2-1-3-5-20/h1-11,13,15H,12,14,16-18H2. The van der Waals surface area contributed by atoms with Gasteiger partial charge in [0.05, 0.1) is 0 Å². The first kappa shape index (κ1) is 20.9. The van der Waals surface area contributed by atoms with E-state index >= 15 is 0 Å². The molecule has 4 rings (SSSR count). The van der Waals surface area contributed by atoms with Crippen LogP contribution >= 0.6 is 11.3 Å². The predicted molar refractivity (Wildman–Crippen MR) is 121 cm³/mol. The van der Waals surface area contributed by atoms with Gasteiger partial charge < -0.3 is 14.4 Å². The van der Waals surface area contributed by atoms with E-state index in [-0.39, 0.29) is 12.5 Å². The second-order valence-electron chi connectivity index (χ2n) is 7.22. The van der Waals surface area contributed by atoms with Crippen molar-refractivity contribution in [2.45, 2.75) is 19.6 Å². The molecule has 0 saturated heterocycles. The van der Waals surface area contributed by atoms with E-state index in [0.717, 1.165) is 23.3 Å². The molecule has 0 N–H and O–H groups in total. The van der Waals surface area contributed by atoms with Crippen LogP contribution in [0.25, 0.3) is 6.08 Å². The molecule has 0 unspecified atom stereocenters. The molecule has 2 aromatic carbocycles. The first-order chi connectivity index (χ1) is 15.2.